The minimum atomic E-state index is -1.03. The molecule has 0 bridgehead atoms. The topological polar surface area (TPSA) is 66.4 Å². The van der Waals surface area contributed by atoms with Gasteiger partial charge in [-0.25, -0.2) is 4.79 Å². The van der Waals surface area contributed by atoms with Gasteiger partial charge in [0.05, 0.1) is 0 Å². The molecule has 19 heavy (non-hydrogen) atoms. The molecule has 3 unspecified atom stereocenters. The van der Waals surface area contributed by atoms with Gasteiger partial charge >= 0.3 is 5.97 Å². The van der Waals surface area contributed by atoms with Crippen LogP contribution in [0.5, 0.6) is 0 Å². The molecule has 0 spiro atoms. The van der Waals surface area contributed by atoms with Gasteiger partial charge in [0.2, 0.25) is 5.91 Å². The highest BCUT2D eigenvalue weighted by molar-refractivity contribution is 5.88. The molecular weight excluding hydrogens is 242 g/mol. The molecule has 4 heteroatoms. The van der Waals surface area contributed by atoms with Crippen LogP contribution < -0.4 is 5.32 Å². The summed E-state index contributed by atoms with van der Waals surface area (Å²) >= 11 is 0. The Balaban J connectivity index is 2.07. The number of rotatable bonds is 5. The van der Waals surface area contributed by atoms with Crippen molar-refractivity contribution in [3.63, 3.8) is 0 Å². The summed E-state index contributed by atoms with van der Waals surface area (Å²) in [5.74, 6) is -1.23. The number of nitrogens with one attached hydrogen (secondary N) is 1. The fourth-order valence-electron chi connectivity index (χ4n) is 2.38. The van der Waals surface area contributed by atoms with Gasteiger partial charge in [0.15, 0.2) is 6.04 Å². The lowest BCUT2D eigenvalue weighted by Gasteiger charge is -2.16. The van der Waals surface area contributed by atoms with E-state index in [1.807, 2.05) is 6.07 Å². The highest BCUT2D eigenvalue weighted by atomic mass is 16.4. The molecule has 1 aliphatic rings. The maximum atomic E-state index is 12.1. The summed E-state index contributed by atoms with van der Waals surface area (Å²) in [6.45, 7) is 4.12. The number of carboxylic acid groups (broad SMARTS) is 1. The maximum Gasteiger partial charge on any atom is 0.330 e. The summed E-state index contributed by atoms with van der Waals surface area (Å²) in [4.78, 5) is 23.4. The lowest BCUT2D eigenvalue weighted by molar-refractivity contribution is -0.142. The number of hydrogen-bond donors (Lipinski definition) is 2. The third-order valence-electron chi connectivity index (χ3n) is 4.14. The molecule has 0 radical (unpaired) electrons. The van der Waals surface area contributed by atoms with E-state index in [0.29, 0.717) is 5.56 Å². The molecule has 2 rings (SSSR count). The predicted octanol–water partition coefficient (Wildman–Crippen LogP) is 2.36. The number of carbonyl (C=O) groups excluding carboxylic acids is 1. The van der Waals surface area contributed by atoms with Crippen molar-refractivity contribution in [2.75, 3.05) is 0 Å². The zero-order chi connectivity index (χ0) is 14.0. The van der Waals surface area contributed by atoms with Gasteiger partial charge < -0.3 is 10.4 Å². The second-order valence-corrected chi connectivity index (χ2v) is 5.45. The van der Waals surface area contributed by atoms with Crippen LogP contribution in [0.15, 0.2) is 30.3 Å². The van der Waals surface area contributed by atoms with Gasteiger partial charge in [-0.15, -0.1) is 0 Å². The minimum absolute atomic E-state index is 0.0455. The third kappa shape index (κ3) is 2.78. The van der Waals surface area contributed by atoms with Crippen LogP contribution in [0.2, 0.25) is 0 Å². The number of carboxylic acids is 1. The Morgan fingerprint density at radius 2 is 2.05 bits per heavy atom. The maximum absolute atomic E-state index is 12.1. The molecule has 1 amide bonds. The first kappa shape index (κ1) is 13.6. The van der Waals surface area contributed by atoms with E-state index in [9.17, 15) is 14.7 Å². The van der Waals surface area contributed by atoms with Crippen molar-refractivity contribution in [3.05, 3.63) is 35.9 Å². The number of hydrogen-bond acceptors (Lipinski definition) is 2. The molecule has 1 saturated carbocycles. The van der Waals surface area contributed by atoms with Gasteiger partial charge in [0.1, 0.15) is 0 Å². The smallest absolute Gasteiger partial charge is 0.330 e. The Morgan fingerprint density at radius 3 is 2.53 bits per heavy atom. The molecule has 0 saturated heterocycles. The fraction of sp³-hybridized carbons (Fsp3) is 0.467. The summed E-state index contributed by atoms with van der Waals surface area (Å²) in [6.07, 6.45) is 1.78. The predicted molar refractivity (Wildman–Crippen MR) is 71.5 cm³/mol. The van der Waals surface area contributed by atoms with Crippen molar-refractivity contribution in [2.24, 2.45) is 11.3 Å². The zero-order valence-electron chi connectivity index (χ0n) is 11.2. The Kier molecular flexibility index (Phi) is 3.60. The molecule has 0 aromatic heterocycles. The van der Waals surface area contributed by atoms with Crippen molar-refractivity contribution in [2.45, 2.75) is 32.7 Å². The second kappa shape index (κ2) is 5.03. The van der Waals surface area contributed by atoms with E-state index >= 15 is 0 Å². The average molecular weight is 261 g/mol. The molecule has 4 nitrogen and oxygen atoms in total. The van der Waals surface area contributed by atoms with Gasteiger partial charge in [-0.1, -0.05) is 44.2 Å². The van der Waals surface area contributed by atoms with Crippen LogP contribution >= 0.6 is 0 Å². The Labute approximate surface area is 112 Å². The van der Waals surface area contributed by atoms with Crippen LogP contribution in [0.4, 0.5) is 0 Å². The summed E-state index contributed by atoms with van der Waals surface area (Å²) in [6, 6.07) is 7.82. The average Bonchev–Trinajstić information content (AvgIpc) is 3.09. The normalized spacial score (nSPS) is 26.5. The highest BCUT2D eigenvalue weighted by Crippen LogP contribution is 2.54. The molecule has 102 valence electrons. The molecule has 3 atom stereocenters. The lowest BCUT2D eigenvalue weighted by Crippen LogP contribution is -2.35. The first-order chi connectivity index (χ1) is 8.98. The molecule has 1 aliphatic carbocycles. The number of amides is 1. The monoisotopic (exact) mass is 261 g/mol. The first-order valence-electron chi connectivity index (χ1n) is 6.56. The molecule has 1 fully saturated rings. The van der Waals surface area contributed by atoms with Crippen molar-refractivity contribution in [1.29, 1.82) is 0 Å². The largest absolute Gasteiger partial charge is 0.479 e. The Bertz CT molecular complexity index is 485. The van der Waals surface area contributed by atoms with E-state index in [4.69, 9.17) is 0 Å². The third-order valence-corrected chi connectivity index (χ3v) is 4.14. The summed E-state index contributed by atoms with van der Waals surface area (Å²) in [7, 11) is 0. The van der Waals surface area contributed by atoms with E-state index in [1.54, 1.807) is 24.3 Å². The van der Waals surface area contributed by atoms with E-state index < -0.39 is 12.0 Å². The van der Waals surface area contributed by atoms with Crippen LogP contribution in [0.1, 0.15) is 38.3 Å². The minimum Gasteiger partial charge on any atom is -0.479 e. The van der Waals surface area contributed by atoms with Crippen molar-refractivity contribution in [3.8, 4) is 0 Å². The van der Waals surface area contributed by atoms with Crippen LogP contribution in [0.3, 0.4) is 0 Å². The first-order valence-corrected chi connectivity index (χ1v) is 6.56. The second-order valence-electron chi connectivity index (χ2n) is 5.45. The van der Waals surface area contributed by atoms with E-state index in [-0.39, 0.29) is 17.2 Å². The summed E-state index contributed by atoms with van der Waals surface area (Å²) in [5.41, 5.74) is 0.645. The molecule has 0 heterocycles. The molecule has 0 aliphatic heterocycles. The molecule has 1 aromatic rings. The standard InChI is InChI=1S/C15H19NO3/c1-3-15(2)9-11(15)13(17)16-12(14(18)19)10-7-5-4-6-8-10/h4-8,11-12H,3,9H2,1-2H3,(H,16,17)(H,18,19). The number of benzene rings is 1. The SMILES string of the molecule is CCC1(C)CC1C(=O)NC(C(=O)O)c1ccccc1. The van der Waals surface area contributed by atoms with Crippen molar-refractivity contribution in [1.82, 2.24) is 5.32 Å². The summed E-state index contributed by atoms with van der Waals surface area (Å²) < 4.78 is 0. The summed E-state index contributed by atoms with van der Waals surface area (Å²) in [5, 5.41) is 11.9. The van der Waals surface area contributed by atoms with Gasteiger partial charge in [-0.2, -0.15) is 0 Å². The van der Waals surface area contributed by atoms with Crippen LogP contribution in [0, 0.1) is 11.3 Å². The van der Waals surface area contributed by atoms with Crippen molar-refractivity contribution < 1.29 is 14.7 Å². The lowest BCUT2D eigenvalue weighted by atomic mass is 10.0. The quantitative estimate of drug-likeness (QED) is 0.855. The van der Waals surface area contributed by atoms with Crippen LogP contribution in [-0.2, 0) is 9.59 Å². The van der Waals surface area contributed by atoms with E-state index in [1.165, 1.54) is 0 Å². The van der Waals surface area contributed by atoms with Gasteiger partial charge in [-0.05, 0) is 23.8 Å². The van der Waals surface area contributed by atoms with Gasteiger partial charge in [0, 0.05) is 5.92 Å². The zero-order valence-corrected chi connectivity index (χ0v) is 11.2. The number of aliphatic carboxylic acids is 1. The van der Waals surface area contributed by atoms with E-state index in [0.717, 1.165) is 12.8 Å². The number of carbonyl (C=O) groups is 2. The molecule has 2 N–H and O–H groups in total. The highest BCUT2D eigenvalue weighted by Gasteiger charge is 2.53. The van der Waals surface area contributed by atoms with Gasteiger partial charge in [0.25, 0.3) is 0 Å². The molecular formula is C15H19NO3. The Hall–Kier alpha value is -1.84. The molecule has 1 aromatic carbocycles. The van der Waals surface area contributed by atoms with Crippen LogP contribution in [0.25, 0.3) is 0 Å². The van der Waals surface area contributed by atoms with Crippen LogP contribution in [-0.4, -0.2) is 17.0 Å². The van der Waals surface area contributed by atoms with E-state index in [2.05, 4.69) is 19.2 Å². The van der Waals surface area contributed by atoms with Crippen molar-refractivity contribution >= 4 is 11.9 Å². The fourth-order valence-corrected chi connectivity index (χ4v) is 2.38. The van der Waals surface area contributed by atoms with Gasteiger partial charge in [-0.3, -0.25) is 4.79 Å². The Morgan fingerprint density at radius 1 is 1.42 bits per heavy atom.